The maximum absolute atomic E-state index is 11.9. The molecule has 0 radical (unpaired) electrons. The molecule has 76 valence electrons. The molecule has 0 aliphatic heterocycles. The van der Waals surface area contributed by atoms with E-state index in [9.17, 15) is 17.7 Å². The van der Waals surface area contributed by atoms with Gasteiger partial charge in [0, 0.05) is 6.20 Å². The number of hydrogen-bond acceptors (Lipinski definition) is 2. The number of primary amides is 1. The number of halogens is 3. The minimum absolute atomic E-state index is 0. The second-order valence-electron chi connectivity index (χ2n) is 2.83. The van der Waals surface area contributed by atoms with Gasteiger partial charge in [0.25, 0.3) is 5.91 Å². The van der Waals surface area contributed by atoms with E-state index in [2.05, 4.69) is 4.98 Å². The van der Waals surface area contributed by atoms with Gasteiger partial charge in [0.15, 0.2) is 0 Å². The van der Waals surface area contributed by atoms with Crippen LogP contribution in [0.25, 0.3) is 0 Å². The van der Waals surface area contributed by atoms with E-state index in [1.807, 2.05) is 0 Å². The number of aromatic nitrogens is 1. The number of nitrogens with zero attached hydrogens (tertiary/aromatic N) is 1. The average Bonchev–Trinajstić information content (AvgIpc) is 2.02. The first-order valence-corrected chi connectivity index (χ1v) is 3.84. The fourth-order valence-electron chi connectivity index (χ4n) is 0.958. The van der Waals surface area contributed by atoms with Crippen LogP contribution in [0.4, 0.5) is 12.9 Å². The van der Waals surface area contributed by atoms with Crippen molar-refractivity contribution in [2.24, 2.45) is 5.73 Å². The quantitative estimate of drug-likeness (QED) is 0.630. The van der Waals surface area contributed by atoms with E-state index < -0.39 is 19.2 Å². The molecule has 1 aromatic rings. The number of rotatable bonds is 3. The molecular weight excluding hydrogens is 235 g/mol. The number of amides is 1. The van der Waals surface area contributed by atoms with Gasteiger partial charge in [0.2, 0.25) is 0 Å². The molecule has 0 bridgehead atoms. The predicted molar refractivity (Wildman–Crippen MR) is 45.5 cm³/mol. The Kier molecular flexibility index (Phi) is 6.04. The summed E-state index contributed by atoms with van der Waals surface area (Å²) in [7, 11) is 0. The van der Waals surface area contributed by atoms with Crippen LogP contribution < -0.4 is 57.1 Å². The van der Waals surface area contributed by atoms with Crippen LogP contribution in [0.2, 0.25) is 0 Å². The van der Waals surface area contributed by atoms with E-state index in [1.165, 1.54) is 12.1 Å². The molecule has 8 heteroatoms. The van der Waals surface area contributed by atoms with Crippen LogP contribution in [-0.2, 0) is 6.32 Å². The molecule has 1 aromatic heterocycles. The number of hydrogen-bond donors (Lipinski definition) is 1. The third-order valence-corrected chi connectivity index (χ3v) is 1.54. The molecule has 15 heavy (non-hydrogen) atoms. The first-order chi connectivity index (χ1) is 6.38. The molecule has 0 spiro atoms. The van der Waals surface area contributed by atoms with Crippen LogP contribution >= 0.6 is 0 Å². The molecular formula is C7H7BF3KN2O. The molecule has 0 aliphatic rings. The molecule has 0 aromatic carbocycles. The Labute approximate surface area is 127 Å². The smallest absolute Gasteiger partial charge is 0.449 e. The van der Waals surface area contributed by atoms with Crippen molar-refractivity contribution < 1.29 is 69.1 Å². The van der Waals surface area contributed by atoms with Gasteiger partial charge in [-0.25, -0.2) is 0 Å². The zero-order chi connectivity index (χ0) is 10.8. The number of pyridine rings is 1. The third-order valence-electron chi connectivity index (χ3n) is 1.54. The second kappa shape index (κ2) is 6.00. The normalized spacial score (nSPS) is 10.6. The van der Waals surface area contributed by atoms with Crippen LogP contribution in [0, 0.1) is 0 Å². The second-order valence-corrected chi connectivity index (χ2v) is 2.83. The topological polar surface area (TPSA) is 56.0 Å². The van der Waals surface area contributed by atoms with Crippen molar-refractivity contribution in [2.45, 2.75) is 6.32 Å². The van der Waals surface area contributed by atoms with E-state index in [-0.39, 0.29) is 62.6 Å². The maximum atomic E-state index is 11.9. The molecule has 1 rings (SSSR count). The number of carbonyl (C=O) groups is 1. The van der Waals surface area contributed by atoms with Crippen molar-refractivity contribution in [1.82, 2.24) is 4.98 Å². The minimum Gasteiger partial charge on any atom is -0.449 e. The standard InChI is InChI=1S/C7H7BF3N2O.K/c9-8(10,11)3-5-1-2-6(7(12)14)13-4-5;/h1-2,4H,3H2,(H2,12,14);/q-1;+1. The molecule has 1 amide bonds. The summed E-state index contributed by atoms with van der Waals surface area (Å²) >= 11 is 0. The SMILES string of the molecule is NC(=O)c1ccc(C[B-](F)(F)F)cn1.[K+]. The monoisotopic (exact) mass is 242 g/mol. The Bertz CT molecular complexity index is 341. The van der Waals surface area contributed by atoms with E-state index in [0.717, 1.165) is 6.20 Å². The Morgan fingerprint density at radius 2 is 2.00 bits per heavy atom. The van der Waals surface area contributed by atoms with Gasteiger partial charge in [-0.2, -0.15) is 0 Å². The van der Waals surface area contributed by atoms with Crippen molar-refractivity contribution in [2.75, 3.05) is 0 Å². The molecule has 0 saturated carbocycles. The molecule has 0 unspecified atom stereocenters. The average molecular weight is 242 g/mol. The van der Waals surface area contributed by atoms with E-state index >= 15 is 0 Å². The van der Waals surface area contributed by atoms with E-state index in [4.69, 9.17) is 5.73 Å². The first kappa shape index (κ1) is 15.1. The molecule has 0 atom stereocenters. The van der Waals surface area contributed by atoms with Crippen LogP contribution in [0.15, 0.2) is 18.3 Å². The van der Waals surface area contributed by atoms with Crippen LogP contribution in [0.3, 0.4) is 0 Å². The molecule has 1 heterocycles. The van der Waals surface area contributed by atoms with Gasteiger partial charge in [0.1, 0.15) is 5.69 Å². The van der Waals surface area contributed by atoms with Gasteiger partial charge in [0.05, 0.1) is 0 Å². The molecule has 0 fully saturated rings. The summed E-state index contributed by atoms with van der Waals surface area (Å²) in [5.74, 6) is -0.755. The van der Waals surface area contributed by atoms with Crippen molar-refractivity contribution in [1.29, 1.82) is 0 Å². The largest absolute Gasteiger partial charge is 1.00 e. The van der Waals surface area contributed by atoms with Crippen LogP contribution in [0.5, 0.6) is 0 Å². The Morgan fingerprint density at radius 3 is 2.33 bits per heavy atom. The summed E-state index contributed by atoms with van der Waals surface area (Å²) in [4.78, 5) is 14.0. The van der Waals surface area contributed by atoms with Gasteiger partial charge in [-0.3, -0.25) is 9.78 Å². The summed E-state index contributed by atoms with van der Waals surface area (Å²) in [5, 5.41) is 0. The van der Waals surface area contributed by atoms with Crippen molar-refractivity contribution in [3.05, 3.63) is 29.6 Å². The zero-order valence-corrected chi connectivity index (χ0v) is 11.2. The fourth-order valence-corrected chi connectivity index (χ4v) is 0.958. The van der Waals surface area contributed by atoms with Crippen molar-refractivity contribution in [3.63, 3.8) is 0 Å². The summed E-state index contributed by atoms with van der Waals surface area (Å²) in [5.41, 5.74) is 4.86. The van der Waals surface area contributed by atoms with Gasteiger partial charge in [-0.1, -0.05) is 17.9 Å². The van der Waals surface area contributed by atoms with Crippen molar-refractivity contribution >= 4 is 12.9 Å². The Hall–Kier alpha value is 0.111. The molecule has 0 aliphatic carbocycles. The minimum atomic E-state index is -4.87. The van der Waals surface area contributed by atoms with Gasteiger partial charge in [-0.15, -0.1) is 0 Å². The maximum Gasteiger partial charge on any atom is 1.00 e. The van der Waals surface area contributed by atoms with Crippen molar-refractivity contribution in [3.8, 4) is 0 Å². The predicted octanol–water partition coefficient (Wildman–Crippen LogP) is -1.89. The number of carbonyl (C=O) groups excluding carboxylic acids is 1. The Balaban J connectivity index is 0.00000196. The van der Waals surface area contributed by atoms with Gasteiger partial charge in [-0.05, 0) is 6.07 Å². The van der Waals surface area contributed by atoms with E-state index in [0.29, 0.717) is 0 Å². The first-order valence-electron chi connectivity index (χ1n) is 3.84. The van der Waals surface area contributed by atoms with E-state index in [1.54, 1.807) is 0 Å². The fraction of sp³-hybridized carbons (Fsp3) is 0.143. The van der Waals surface area contributed by atoms with Gasteiger partial charge >= 0.3 is 58.4 Å². The molecule has 0 saturated heterocycles. The number of nitrogens with two attached hydrogens (primary N) is 1. The summed E-state index contributed by atoms with van der Waals surface area (Å²) in [6, 6.07) is 2.38. The van der Waals surface area contributed by atoms with Crippen LogP contribution in [0.1, 0.15) is 16.1 Å². The zero-order valence-electron chi connectivity index (χ0n) is 8.08. The van der Waals surface area contributed by atoms with Gasteiger partial charge < -0.3 is 18.7 Å². The van der Waals surface area contributed by atoms with Crippen LogP contribution in [-0.4, -0.2) is 17.9 Å². The summed E-state index contributed by atoms with van der Waals surface area (Å²) in [6.07, 6.45) is 0.0153. The summed E-state index contributed by atoms with van der Waals surface area (Å²) in [6.45, 7) is -4.87. The Morgan fingerprint density at radius 1 is 1.40 bits per heavy atom. The molecule has 2 N–H and O–H groups in total. The third kappa shape index (κ3) is 5.67. The summed E-state index contributed by atoms with van der Waals surface area (Å²) < 4.78 is 35.8. The molecule has 3 nitrogen and oxygen atoms in total.